The van der Waals surface area contributed by atoms with E-state index in [0.717, 1.165) is 12.8 Å². The molecule has 1 fully saturated rings. The van der Waals surface area contributed by atoms with Crippen molar-refractivity contribution in [3.05, 3.63) is 0 Å². The first-order valence-corrected chi connectivity index (χ1v) is 7.43. The van der Waals surface area contributed by atoms with Crippen LogP contribution in [0.1, 0.15) is 12.8 Å². The van der Waals surface area contributed by atoms with Gasteiger partial charge in [0.2, 0.25) is 0 Å². The highest BCUT2D eigenvalue weighted by Crippen LogP contribution is 2.53. The number of nitrogens with zero attached hydrogens (tertiary/aromatic N) is 1. The van der Waals surface area contributed by atoms with Crippen LogP contribution in [0.5, 0.6) is 0 Å². The minimum Gasteiger partial charge on any atom is -0.281 e. The zero-order chi connectivity index (χ0) is 9.19. The molecule has 0 aromatic rings. The topological polar surface area (TPSA) is 3.24 Å². The Bertz CT molecular complexity index is 229. The molecule has 0 atom stereocenters. The quantitative estimate of drug-likeness (QED) is 0.471. The summed E-state index contributed by atoms with van der Waals surface area (Å²) in [5, 5.41) is 0. The van der Waals surface area contributed by atoms with Crippen molar-refractivity contribution in [1.29, 1.82) is 0 Å². The molecule has 1 nitrogen and oxygen atoms in total. The van der Waals surface area contributed by atoms with E-state index < -0.39 is 6.19 Å². The van der Waals surface area contributed by atoms with E-state index in [-0.39, 0.29) is 0 Å². The maximum Gasteiger partial charge on any atom is 0.0208 e. The zero-order valence-corrected chi connectivity index (χ0v) is 9.50. The molecule has 0 aromatic carbocycles. The van der Waals surface area contributed by atoms with Gasteiger partial charge in [-0.2, -0.15) is 0 Å². The van der Waals surface area contributed by atoms with Crippen LogP contribution in [0, 0.1) is 18.3 Å². The lowest BCUT2D eigenvalue weighted by atomic mass is 10.1. The van der Waals surface area contributed by atoms with Crippen molar-refractivity contribution in [3.8, 4) is 12.3 Å². The van der Waals surface area contributed by atoms with Crippen molar-refractivity contribution in [3.63, 3.8) is 0 Å². The van der Waals surface area contributed by atoms with Crippen molar-refractivity contribution < 1.29 is 0 Å². The Morgan fingerprint density at radius 2 is 1.92 bits per heavy atom. The molecule has 1 aliphatic rings. The lowest BCUT2D eigenvalue weighted by Gasteiger charge is -2.34. The third-order valence-corrected chi connectivity index (χ3v) is 8.07. The van der Waals surface area contributed by atoms with Crippen molar-refractivity contribution in [2.24, 2.45) is 5.92 Å². The Hall–Kier alpha value is 0.170. The van der Waals surface area contributed by atoms with Gasteiger partial charge in [0.1, 0.15) is 0 Å². The molecule has 1 rings (SSSR count). The summed E-state index contributed by atoms with van der Waals surface area (Å²) >= 11 is 5.65. The summed E-state index contributed by atoms with van der Waals surface area (Å²) in [6.45, 7) is 0. The average molecular weight is 201 g/mol. The fraction of sp³-hybridized carbons (Fsp3) is 0.778. The van der Waals surface area contributed by atoms with E-state index in [9.17, 15) is 0 Å². The molecule has 0 radical (unpaired) electrons. The van der Waals surface area contributed by atoms with Gasteiger partial charge in [0.25, 0.3) is 0 Å². The summed E-state index contributed by atoms with van der Waals surface area (Å²) in [7, 11) is 4.22. The van der Waals surface area contributed by atoms with Gasteiger partial charge in [0, 0.05) is 12.1 Å². The van der Waals surface area contributed by atoms with E-state index >= 15 is 0 Å². The molecule has 0 bridgehead atoms. The number of hydrogen-bond donors (Lipinski definition) is 0. The molecule has 12 heavy (non-hydrogen) atoms. The minimum absolute atomic E-state index is 0.501. The van der Waals surface area contributed by atoms with Crippen LogP contribution in [0.25, 0.3) is 0 Å². The molecule has 1 heterocycles. The molecule has 1 aliphatic heterocycles. The van der Waals surface area contributed by atoms with Gasteiger partial charge in [0.05, 0.1) is 0 Å². The molecule has 68 valence electrons. The second-order valence-corrected chi connectivity index (χ2v) is 9.01. The van der Waals surface area contributed by atoms with Gasteiger partial charge in [-0.05, 0) is 39.3 Å². The van der Waals surface area contributed by atoms with Crippen molar-refractivity contribution in [1.82, 2.24) is 4.67 Å². The van der Waals surface area contributed by atoms with Crippen molar-refractivity contribution in [2.45, 2.75) is 12.8 Å². The van der Waals surface area contributed by atoms with Gasteiger partial charge in [0.15, 0.2) is 0 Å². The molecule has 0 N–H and O–H groups in total. The minimum atomic E-state index is -1.16. The first-order chi connectivity index (χ1) is 5.58. The zero-order valence-electron chi connectivity index (χ0n) is 7.79. The standard InChI is InChI=1S/C9H16NPS/c1-4-9-5-7-11(12,8-6-9)10(2)3/h1,9H,5-8H2,2-3H3. The molecule has 0 aliphatic carbocycles. The number of hydrogen-bond acceptors (Lipinski definition) is 1. The van der Waals surface area contributed by atoms with Crippen LogP contribution >= 0.6 is 6.19 Å². The van der Waals surface area contributed by atoms with Crippen LogP contribution in [0.3, 0.4) is 0 Å². The maximum atomic E-state index is 5.65. The molecule has 0 saturated carbocycles. The molecular formula is C9H16NPS. The summed E-state index contributed by atoms with van der Waals surface area (Å²) in [6, 6.07) is 0. The van der Waals surface area contributed by atoms with Crippen LogP contribution < -0.4 is 0 Å². The lowest BCUT2D eigenvalue weighted by molar-refractivity contribution is 0.577. The summed E-state index contributed by atoms with van der Waals surface area (Å²) in [5.41, 5.74) is 0. The summed E-state index contributed by atoms with van der Waals surface area (Å²) in [4.78, 5) is 0. The predicted molar refractivity (Wildman–Crippen MR) is 59.3 cm³/mol. The molecule has 0 spiro atoms. The first-order valence-electron chi connectivity index (χ1n) is 4.30. The van der Waals surface area contributed by atoms with Gasteiger partial charge < -0.3 is 0 Å². The van der Waals surface area contributed by atoms with E-state index in [1.54, 1.807) is 0 Å². The fourth-order valence-corrected chi connectivity index (χ4v) is 4.62. The van der Waals surface area contributed by atoms with Crippen LogP contribution in [0.15, 0.2) is 0 Å². The molecule has 0 unspecified atom stereocenters. The Kier molecular flexibility index (Phi) is 3.35. The van der Waals surface area contributed by atoms with Crippen LogP contribution in [0.4, 0.5) is 0 Å². The van der Waals surface area contributed by atoms with Crippen LogP contribution in [0.2, 0.25) is 0 Å². The van der Waals surface area contributed by atoms with Crippen LogP contribution in [-0.2, 0) is 11.8 Å². The highest BCUT2D eigenvalue weighted by atomic mass is 32.4. The average Bonchev–Trinajstić information content (AvgIpc) is 2.06. The summed E-state index contributed by atoms with van der Waals surface area (Å²) < 4.78 is 2.26. The molecule has 0 amide bonds. The van der Waals surface area contributed by atoms with E-state index in [0.29, 0.717) is 5.92 Å². The monoisotopic (exact) mass is 201 g/mol. The Morgan fingerprint density at radius 3 is 2.25 bits per heavy atom. The number of terminal acetylenes is 1. The highest BCUT2D eigenvalue weighted by Gasteiger charge is 2.26. The van der Waals surface area contributed by atoms with Gasteiger partial charge in [-0.15, -0.1) is 12.3 Å². The molecule has 0 aromatic heterocycles. The van der Waals surface area contributed by atoms with Gasteiger partial charge in [-0.25, -0.2) is 0 Å². The SMILES string of the molecule is C#CC1CCP(=S)(N(C)C)CC1. The molecule has 3 heteroatoms. The first kappa shape index (κ1) is 10.3. The normalized spacial score (nSPS) is 36.3. The highest BCUT2D eigenvalue weighted by molar-refractivity contribution is 8.13. The fourth-order valence-electron chi connectivity index (χ4n) is 1.54. The van der Waals surface area contributed by atoms with Crippen LogP contribution in [-0.4, -0.2) is 31.1 Å². The second-order valence-electron chi connectivity index (χ2n) is 3.58. The van der Waals surface area contributed by atoms with Gasteiger partial charge in [-0.3, -0.25) is 4.67 Å². The van der Waals surface area contributed by atoms with E-state index in [2.05, 4.69) is 24.7 Å². The Labute approximate surface area is 80.6 Å². The van der Waals surface area contributed by atoms with Gasteiger partial charge >= 0.3 is 0 Å². The summed E-state index contributed by atoms with van der Waals surface area (Å²) in [6.07, 6.45) is 8.85. The Balaban J connectivity index is 2.57. The third kappa shape index (κ3) is 2.10. The summed E-state index contributed by atoms with van der Waals surface area (Å²) in [5.74, 6) is 3.33. The lowest BCUT2D eigenvalue weighted by Crippen LogP contribution is -2.21. The van der Waals surface area contributed by atoms with Crippen molar-refractivity contribution in [2.75, 3.05) is 26.4 Å². The predicted octanol–water partition coefficient (Wildman–Crippen LogP) is 1.99. The van der Waals surface area contributed by atoms with E-state index in [1.807, 2.05) is 0 Å². The number of rotatable bonds is 1. The largest absolute Gasteiger partial charge is 0.281 e. The Morgan fingerprint density at radius 1 is 1.42 bits per heavy atom. The second kappa shape index (κ2) is 3.92. The smallest absolute Gasteiger partial charge is 0.0208 e. The van der Waals surface area contributed by atoms with Gasteiger partial charge in [-0.1, -0.05) is 11.8 Å². The molecule has 1 saturated heterocycles. The maximum absolute atomic E-state index is 5.65. The van der Waals surface area contributed by atoms with E-state index in [1.165, 1.54) is 12.3 Å². The van der Waals surface area contributed by atoms with E-state index in [4.69, 9.17) is 18.2 Å². The van der Waals surface area contributed by atoms with Crippen molar-refractivity contribution >= 4 is 18.0 Å². The third-order valence-electron chi connectivity index (χ3n) is 2.62. The molecular weight excluding hydrogens is 185 g/mol.